The van der Waals surface area contributed by atoms with E-state index < -0.39 is 6.10 Å². The van der Waals surface area contributed by atoms with E-state index in [-0.39, 0.29) is 12.1 Å². The third kappa shape index (κ3) is 2.74. The molecule has 1 aliphatic heterocycles. The van der Waals surface area contributed by atoms with E-state index in [9.17, 15) is 5.11 Å². The Morgan fingerprint density at radius 3 is 2.62 bits per heavy atom. The zero-order chi connectivity index (χ0) is 11.5. The van der Waals surface area contributed by atoms with Gasteiger partial charge in [-0.05, 0) is 24.6 Å². The van der Waals surface area contributed by atoms with E-state index in [0.29, 0.717) is 13.2 Å². The lowest BCUT2D eigenvalue weighted by Crippen LogP contribution is -2.40. The minimum Gasteiger partial charge on any atom is -0.389 e. The molecule has 16 heavy (non-hydrogen) atoms. The molecular weight excluding hydrogens is 226 g/mol. The van der Waals surface area contributed by atoms with Crippen molar-refractivity contribution in [2.24, 2.45) is 0 Å². The predicted molar refractivity (Wildman–Crippen MR) is 63.6 cm³/mol. The average Bonchev–Trinajstić information content (AvgIpc) is 2.65. The molecule has 0 amide bonds. The van der Waals surface area contributed by atoms with Gasteiger partial charge in [-0.1, -0.05) is 23.7 Å². The van der Waals surface area contributed by atoms with Crippen LogP contribution in [-0.2, 0) is 4.74 Å². The van der Waals surface area contributed by atoms with Crippen molar-refractivity contribution in [1.29, 1.82) is 0 Å². The average molecular weight is 242 g/mol. The molecule has 1 fully saturated rings. The Bertz CT molecular complexity index is 341. The van der Waals surface area contributed by atoms with Crippen molar-refractivity contribution in [3.8, 4) is 0 Å². The van der Waals surface area contributed by atoms with Crippen molar-refractivity contribution in [3.05, 3.63) is 34.9 Å². The first-order valence-corrected chi connectivity index (χ1v) is 5.82. The molecule has 1 heterocycles. The first-order chi connectivity index (χ1) is 7.66. The summed E-state index contributed by atoms with van der Waals surface area (Å²) in [5, 5.41) is 13.7. The third-order valence-electron chi connectivity index (χ3n) is 2.88. The molecule has 1 aliphatic rings. The van der Waals surface area contributed by atoms with Gasteiger partial charge in [-0.15, -0.1) is 0 Å². The molecule has 1 aromatic carbocycles. The fraction of sp³-hybridized carbons (Fsp3) is 0.500. The second-order valence-electron chi connectivity index (χ2n) is 4.15. The standard InChI is InChI=1S/C12H16ClNO2/c1-8(9-2-4-10(13)5-3-9)14-11-6-16-7-12(11)15/h2-5,8,11-12,14-15H,6-7H2,1H3/t8-,11?,12?/m1/s1. The second kappa shape index (κ2) is 5.15. The maximum absolute atomic E-state index is 9.62. The third-order valence-corrected chi connectivity index (χ3v) is 3.14. The molecule has 4 heteroatoms. The van der Waals surface area contributed by atoms with E-state index in [0.717, 1.165) is 10.6 Å². The van der Waals surface area contributed by atoms with E-state index in [1.54, 1.807) is 0 Å². The number of aliphatic hydroxyl groups excluding tert-OH is 1. The van der Waals surface area contributed by atoms with Gasteiger partial charge >= 0.3 is 0 Å². The van der Waals surface area contributed by atoms with Crippen LogP contribution in [0, 0.1) is 0 Å². The highest BCUT2D eigenvalue weighted by Crippen LogP contribution is 2.18. The zero-order valence-electron chi connectivity index (χ0n) is 9.19. The molecule has 3 nitrogen and oxygen atoms in total. The Morgan fingerprint density at radius 1 is 1.38 bits per heavy atom. The van der Waals surface area contributed by atoms with Crippen molar-refractivity contribution in [2.75, 3.05) is 13.2 Å². The summed E-state index contributed by atoms with van der Waals surface area (Å²) in [6.07, 6.45) is -0.408. The van der Waals surface area contributed by atoms with Crippen LogP contribution in [0.3, 0.4) is 0 Å². The van der Waals surface area contributed by atoms with Crippen LogP contribution in [0.1, 0.15) is 18.5 Å². The van der Waals surface area contributed by atoms with Crippen molar-refractivity contribution in [3.63, 3.8) is 0 Å². The lowest BCUT2D eigenvalue weighted by atomic mass is 10.1. The molecule has 0 aromatic heterocycles. The van der Waals surface area contributed by atoms with E-state index in [1.165, 1.54) is 0 Å². The van der Waals surface area contributed by atoms with E-state index >= 15 is 0 Å². The number of benzene rings is 1. The number of nitrogens with one attached hydrogen (secondary N) is 1. The minimum atomic E-state index is -0.408. The van der Waals surface area contributed by atoms with Crippen LogP contribution in [-0.4, -0.2) is 30.5 Å². The Labute approximate surface area is 100 Å². The summed E-state index contributed by atoms with van der Waals surface area (Å²) >= 11 is 5.83. The summed E-state index contributed by atoms with van der Waals surface area (Å²) < 4.78 is 5.19. The summed E-state index contributed by atoms with van der Waals surface area (Å²) in [5.41, 5.74) is 1.16. The lowest BCUT2D eigenvalue weighted by Gasteiger charge is -2.21. The van der Waals surface area contributed by atoms with Gasteiger partial charge in [0.2, 0.25) is 0 Å². The molecular formula is C12H16ClNO2. The smallest absolute Gasteiger partial charge is 0.0948 e. The first kappa shape index (κ1) is 11.9. The fourth-order valence-corrected chi connectivity index (χ4v) is 2.00. The fourth-order valence-electron chi connectivity index (χ4n) is 1.87. The highest BCUT2D eigenvalue weighted by atomic mass is 35.5. The first-order valence-electron chi connectivity index (χ1n) is 5.44. The van der Waals surface area contributed by atoms with Gasteiger partial charge < -0.3 is 15.2 Å². The van der Waals surface area contributed by atoms with Gasteiger partial charge in [-0.2, -0.15) is 0 Å². The highest BCUT2D eigenvalue weighted by molar-refractivity contribution is 6.30. The topological polar surface area (TPSA) is 41.5 Å². The zero-order valence-corrected chi connectivity index (χ0v) is 9.95. The Hall–Kier alpha value is -0.610. The van der Waals surface area contributed by atoms with Gasteiger partial charge in [0.25, 0.3) is 0 Å². The molecule has 0 radical (unpaired) electrons. The molecule has 0 spiro atoms. The Balaban J connectivity index is 1.97. The van der Waals surface area contributed by atoms with Gasteiger partial charge in [0, 0.05) is 11.1 Å². The van der Waals surface area contributed by atoms with Crippen LogP contribution in [0.25, 0.3) is 0 Å². The van der Waals surface area contributed by atoms with Gasteiger partial charge in [-0.3, -0.25) is 0 Å². The van der Waals surface area contributed by atoms with E-state index in [2.05, 4.69) is 12.2 Å². The quantitative estimate of drug-likeness (QED) is 0.847. The van der Waals surface area contributed by atoms with Crippen molar-refractivity contribution < 1.29 is 9.84 Å². The van der Waals surface area contributed by atoms with Gasteiger partial charge in [-0.25, -0.2) is 0 Å². The number of halogens is 1. The monoisotopic (exact) mass is 241 g/mol. The molecule has 0 bridgehead atoms. The van der Waals surface area contributed by atoms with Crippen LogP contribution >= 0.6 is 11.6 Å². The summed E-state index contributed by atoms with van der Waals surface area (Å²) in [4.78, 5) is 0. The lowest BCUT2D eigenvalue weighted by molar-refractivity contribution is 0.121. The van der Waals surface area contributed by atoms with Gasteiger partial charge in [0.15, 0.2) is 0 Å². The predicted octanol–water partition coefficient (Wildman–Crippen LogP) is 1.75. The van der Waals surface area contributed by atoms with Crippen LogP contribution in [0.2, 0.25) is 5.02 Å². The van der Waals surface area contributed by atoms with Crippen molar-refractivity contribution in [1.82, 2.24) is 5.32 Å². The second-order valence-corrected chi connectivity index (χ2v) is 4.59. The molecule has 2 rings (SSSR count). The normalized spacial score (nSPS) is 26.9. The van der Waals surface area contributed by atoms with Crippen LogP contribution in [0.15, 0.2) is 24.3 Å². The molecule has 3 atom stereocenters. The number of rotatable bonds is 3. The van der Waals surface area contributed by atoms with Crippen LogP contribution in [0.4, 0.5) is 0 Å². The summed E-state index contributed by atoms with van der Waals surface area (Å²) in [7, 11) is 0. The molecule has 2 N–H and O–H groups in total. The number of ether oxygens (including phenoxy) is 1. The Kier molecular flexibility index (Phi) is 3.82. The minimum absolute atomic E-state index is 0.0191. The largest absolute Gasteiger partial charge is 0.389 e. The van der Waals surface area contributed by atoms with E-state index in [4.69, 9.17) is 16.3 Å². The highest BCUT2D eigenvalue weighted by Gasteiger charge is 2.27. The van der Waals surface area contributed by atoms with Crippen LogP contribution < -0.4 is 5.32 Å². The molecule has 1 saturated heterocycles. The molecule has 0 saturated carbocycles. The number of hydrogen-bond donors (Lipinski definition) is 2. The summed E-state index contributed by atoms with van der Waals surface area (Å²) in [6, 6.07) is 7.92. The number of hydrogen-bond acceptors (Lipinski definition) is 3. The summed E-state index contributed by atoms with van der Waals surface area (Å²) in [5.74, 6) is 0. The van der Waals surface area contributed by atoms with E-state index in [1.807, 2.05) is 24.3 Å². The molecule has 88 valence electrons. The SMILES string of the molecule is C[C@@H](NC1COCC1O)c1ccc(Cl)cc1. The van der Waals surface area contributed by atoms with Crippen molar-refractivity contribution >= 4 is 11.6 Å². The summed E-state index contributed by atoms with van der Waals surface area (Å²) in [6.45, 7) is 3.05. The maximum atomic E-state index is 9.62. The molecule has 1 aromatic rings. The number of aliphatic hydroxyl groups is 1. The van der Waals surface area contributed by atoms with Crippen LogP contribution in [0.5, 0.6) is 0 Å². The van der Waals surface area contributed by atoms with Gasteiger partial charge in [0.05, 0.1) is 25.4 Å². The molecule has 0 aliphatic carbocycles. The molecule has 2 unspecified atom stereocenters. The van der Waals surface area contributed by atoms with Crippen molar-refractivity contribution in [2.45, 2.75) is 25.1 Å². The van der Waals surface area contributed by atoms with Gasteiger partial charge in [0.1, 0.15) is 0 Å². The maximum Gasteiger partial charge on any atom is 0.0948 e. The Morgan fingerprint density at radius 2 is 2.06 bits per heavy atom.